The van der Waals surface area contributed by atoms with Crippen LogP contribution in [0.25, 0.3) is 0 Å². The Labute approximate surface area is 218 Å². The first-order valence-corrected chi connectivity index (χ1v) is 15.1. The van der Waals surface area contributed by atoms with Crippen LogP contribution >= 0.6 is 0 Å². The predicted molar refractivity (Wildman–Crippen MR) is 139 cm³/mol. The van der Waals surface area contributed by atoms with Crippen LogP contribution in [0.3, 0.4) is 0 Å². The quantitative estimate of drug-likeness (QED) is 0.390. The summed E-state index contributed by atoms with van der Waals surface area (Å²) in [5.74, 6) is 0.615. The first-order chi connectivity index (χ1) is 17.5. The Morgan fingerprint density at radius 1 is 1.03 bits per heavy atom. The average molecular weight is 556 g/mol. The van der Waals surface area contributed by atoms with Gasteiger partial charge in [-0.15, -0.1) is 0 Å². The summed E-state index contributed by atoms with van der Waals surface area (Å²) in [6.07, 6.45) is 0.810. The van der Waals surface area contributed by atoms with Crippen molar-refractivity contribution in [3.8, 4) is 11.5 Å². The molecule has 1 fully saturated rings. The Kier molecular flexibility index (Phi) is 9.76. The highest BCUT2D eigenvalue weighted by Gasteiger charge is 2.26. The number of nitrogens with zero attached hydrogens (tertiary/aromatic N) is 2. The second kappa shape index (κ2) is 12.6. The standard InChI is InChI=1S/C24H33N3O8S2/c1-4-23(35-21-7-5-19(6-8-21)26(2)36(3,29)30)24(28)25-13-16-34-20-9-11-22(12-10-20)37(31,32)27-14-17-33-18-15-27/h5-12,23H,4,13-18H2,1-3H3,(H,25,28)/t23-/m1/s1. The molecule has 204 valence electrons. The van der Waals surface area contributed by atoms with Crippen molar-refractivity contribution in [2.75, 3.05) is 57.1 Å². The van der Waals surface area contributed by atoms with Crippen molar-refractivity contribution >= 4 is 31.6 Å². The molecule has 1 heterocycles. The number of amides is 1. The minimum Gasteiger partial charge on any atom is -0.492 e. The molecular weight excluding hydrogens is 522 g/mol. The van der Waals surface area contributed by atoms with Gasteiger partial charge in [0.25, 0.3) is 5.91 Å². The van der Waals surface area contributed by atoms with Gasteiger partial charge in [-0.05, 0) is 55.0 Å². The minimum absolute atomic E-state index is 0.185. The van der Waals surface area contributed by atoms with Crippen LogP contribution in [-0.4, -0.2) is 85.9 Å². The van der Waals surface area contributed by atoms with E-state index in [1.165, 1.54) is 23.5 Å². The number of carbonyl (C=O) groups excluding carboxylic acids is 1. The third-order valence-electron chi connectivity index (χ3n) is 5.74. The Morgan fingerprint density at radius 2 is 1.62 bits per heavy atom. The SMILES string of the molecule is CC[C@@H](Oc1ccc(N(C)S(C)(=O)=O)cc1)C(=O)NCCOc1ccc(S(=O)(=O)N2CCOCC2)cc1. The minimum atomic E-state index is -3.57. The number of hydrogen-bond acceptors (Lipinski definition) is 8. The van der Waals surface area contributed by atoms with Crippen LogP contribution in [0.15, 0.2) is 53.4 Å². The number of sulfonamides is 2. The Hall–Kier alpha value is -2.87. The second-order valence-electron chi connectivity index (χ2n) is 8.37. The molecule has 3 rings (SSSR count). The van der Waals surface area contributed by atoms with Gasteiger partial charge < -0.3 is 19.5 Å². The molecule has 13 heteroatoms. The molecular formula is C24H33N3O8S2. The van der Waals surface area contributed by atoms with Crippen molar-refractivity contribution < 1.29 is 35.8 Å². The van der Waals surface area contributed by atoms with Gasteiger partial charge in [0, 0.05) is 20.1 Å². The molecule has 0 unspecified atom stereocenters. The maximum absolute atomic E-state index is 12.7. The summed E-state index contributed by atoms with van der Waals surface area (Å²) in [5.41, 5.74) is 0.483. The van der Waals surface area contributed by atoms with E-state index in [1.807, 2.05) is 6.92 Å². The third kappa shape index (κ3) is 7.81. The molecule has 11 nitrogen and oxygen atoms in total. The van der Waals surface area contributed by atoms with Gasteiger partial charge in [-0.1, -0.05) is 6.92 Å². The van der Waals surface area contributed by atoms with Crippen LogP contribution in [0.2, 0.25) is 0 Å². The van der Waals surface area contributed by atoms with E-state index in [1.54, 1.807) is 36.4 Å². The van der Waals surface area contributed by atoms with Crippen LogP contribution in [0, 0.1) is 0 Å². The average Bonchev–Trinajstić information content (AvgIpc) is 2.89. The molecule has 0 spiro atoms. The van der Waals surface area contributed by atoms with Gasteiger partial charge in [-0.25, -0.2) is 16.8 Å². The first-order valence-electron chi connectivity index (χ1n) is 11.8. The highest BCUT2D eigenvalue weighted by atomic mass is 32.2. The van der Waals surface area contributed by atoms with Gasteiger partial charge in [0.1, 0.15) is 18.1 Å². The largest absolute Gasteiger partial charge is 0.492 e. The number of benzene rings is 2. The fourth-order valence-electron chi connectivity index (χ4n) is 3.51. The zero-order valence-corrected chi connectivity index (χ0v) is 22.8. The van der Waals surface area contributed by atoms with Gasteiger partial charge in [-0.3, -0.25) is 9.10 Å². The molecule has 0 aliphatic carbocycles. The van der Waals surface area contributed by atoms with E-state index in [0.717, 1.165) is 10.6 Å². The van der Waals surface area contributed by atoms with Crippen LogP contribution in [0.1, 0.15) is 13.3 Å². The van der Waals surface area contributed by atoms with Gasteiger partial charge in [0.05, 0.1) is 36.6 Å². The number of anilines is 1. The molecule has 0 radical (unpaired) electrons. The van der Waals surface area contributed by atoms with E-state index >= 15 is 0 Å². The summed E-state index contributed by atoms with van der Waals surface area (Å²) < 4.78 is 67.9. The summed E-state index contributed by atoms with van der Waals surface area (Å²) in [4.78, 5) is 12.7. The monoisotopic (exact) mass is 555 g/mol. The molecule has 0 aromatic heterocycles. The number of carbonyl (C=O) groups is 1. The van der Waals surface area contributed by atoms with Crippen LogP contribution in [0.5, 0.6) is 11.5 Å². The maximum atomic E-state index is 12.7. The summed E-state index contributed by atoms with van der Waals surface area (Å²) in [6.45, 7) is 3.65. The van der Waals surface area contributed by atoms with Crippen LogP contribution in [0.4, 0.5) is 5.69 Å². The van der Waals surface area contributed by atoms with E-state index in [0.29, 0.717) is 49.9 Å². The molecule has 1 N–H and O–H groups in total. The summed E-state index contributed by atoms with van der Waals surface area (Å²) in [6, 6.07) is 12.6. The van der Waals surface area contributed by atoms with E-state index in [-0.39, 0.29) is 24.0 Å². The topological polar surface area (TPSA) is 132 Å². The third-order valence-corrected chi connectivity index (χ3v) is 8.86. The lowest BCUT2D eigenvalue weighted by atomic mass is 10.2. The number of nitrogens with one attached hydrogen (secondary N) is 1. The lowest BCUT2D eigenvalue weighted by Crippen LogP contribution is -2.40. The Bertz CT molecular complexity index is 1240. The predicted octanol–water partition coefficient (Wildman–Crippen LogP) is 1.46. The molecule has 37 heavy (non-hydrogen) atoms. The zero-order valence-electron chi connectivity index (χ0n) is 21.1. The Morgan fingerprint density at radius 3 is 2.19 bits per heavy atom. The van der Waals surface area contributed by atoms with Gasteiger partial charge in [0.15, 0.2) is 6.10 Å². The van der Waals surface area contributed by atoms with Gasteiger partial charge >= 0.3 is 0 Å². The molecule has 1 saturated heterocycles. The van der Waals surface area contributed by atoms with Crippen molar-refractivity contribution in [2.24, 2.45) is 0 Å². The smallest absolute Gasteiger partial charge is 0.261 e. The molecule has 1 amide bonds. The van der Waals surface area contributed by atoms with E-state index in [4.69, 9.17) is 14.2 Å². The summed E-state index contributed by atoms with van der Waals surface area (Å²) >= 11 is 0. The number of ether oxygens (including phenoxy) is 3. The number of morpholine rings is 1. The van der Waals surface area contributed by atoms with Gasteiger partial charge in [-0.2, -0.15) is 4.31 Å². The van der Waals surface area contributed by atoms with Crippen molar-refractivity contribution in [1.82, 2.24) is 9.62 Å². The molecule has 1 aliphatic rings. The lowest BCUT2D eigenvalue weighted by Gasteiger charge is -2.26. The van der Waals surface area contributed by atoms with E-state index in [9.17, 15) is 21.6 Å². The fourth-order valence-corrected chi connectivity index (χ4v) is 5.43. The lowest BCUT2D eigenvalue weighted by molar-refractivity contribution is -0.128. The zero-order chi connectivity index (χ0) is 27.1. The molecule has 1 atom stereocenters. The van der Waals surface area contributed by atoms with Crippen molar-refractivity contribution in [2.45, 2.75) is 24.3 Å². The van der Waals surface area contributed by atoms with Crippen molar-refractivity contribution in [1.29, 1.82) is 0 Å². The maximum Gasteiger partial charge on any atom is 0.261 e. The highest BCUT2D eigenvalue weighted by Crippen LogP contribution is 2.22. The van der Waals surface area contributed by atoms with Crippen LogP contribution in [-0.2, 0) is 29.6 Å². The van der Waals surface area contributed by atoms with Crippen molar-refractivity contribution in [3.63, 3.8) is 0 Å². The molecule has 1 aliphatic heterocycles. The number of rotatable bonds is 12. The highest BCUT2D eigenvalue weighted by molar-refractivity contribution is 7.92. The van der Waals surface area contributed by atoms with E-state index < -0.39 is 26.2 Å². The fraction of sp³-hybridized carbons (Fsp3) is 0.458. The molecule has 0 saturated carbocycles. The molecule has 0 bridgehead atoms. The Balaban J connectivity index is 1.46. The number of hydrogen-bond donors (Lipinski definition) is 1. The second-order valence-corrected chi connectivity index (χ2v) is 12.3. The van der Waals surface area contributed by atoms with Crippen molar-refractivity contribution in [3.05, 3.63) is 48.5 Å². The van der Waals surface area contributed by atoms with Gasteiger partial charge in [0.2, 0.25) is 20.0 Å². The first kappa shape index (κ1) is 28.7. The van der Waals surface area contributed by atoms with E-state index in [2.05, 4.69) is 5.32 Å². The molecule has 2 aromatic rings. The normalized spacial score (nSPS) is 15.5. The van der Waals surface area contributed by atoms with Crippen LogP contribution < -0.4 is 19.1 Å². The summed E-state index contributed by atoms with van der Waals surface area (Å²) in [7, 11) is -5.49. The summed E-state index contributed by atoms with van der Waals surface area (Å²) in [5, 5.41) is 2.76. The molecule has 2 aromatic carbocycles.